The first kappa shape index (κ1) is 18.0. The first-order chi connectivity index (χ1) is 10.9. The van der Waals surface area contributed by atoms with Gasteiger partial charge in [-0.25, -0.2) is 0 Å². The number of benzene rings is 1. The highest BCUT2D eigenvalue weighted by Gasteiger charge is 2.21. The van der Waals surface area contributed by atoms with Gasteiger partial charge in [-0.15, -0.1) is 10.2 Å². The summed E-state index contributed by atoms with van der Waals surface area (Å²) in [4.78, 5) is 14.2. The molecule has 0 aliphatic heterocycles. The minimum atomic E-state index is 0.0700. The van der Waals surface area contributed by atoms with Gasteiger partial charge in [0.1, 0.15) is 0 Å². The van der Waals surface area contributed by atoms with Crippen LogP contribution in [-0.2, 0) is 4.79 Å². The Morgan fingerprint density at radius 3 is 2.48 bits per heavy atom. The molecule has 0 bridgehead atoms. The molecule has 0 unspecified atom stereocenters. The molecule has 23 heavy (non-hydrogen) atoms. The van der Waals surface area contributed by atoms with Crippen LogP contribution in [0.1, 0.15) is 27.7 Å². The van der Waals surface area contributed by atoms with E-state index in [1.54, 1.807) is 0 Å². The van der Waals surface area contributed by atoms with Crippen LogP contribution >= 0.6 is 27.7 Å². The molecule has 0 spiro atoms. The lowest BCUT2D eigenvalue weighted by atomic mass is 10.2. The van der Waals surface area contributed by atoms with E-state index < -0.39 is 0 Å². The van der Waals surface area contributed by atoms with Gasteiger partial charge in [0.05, 0.1) is 11.3 Å². The van der Waals surface area contributed by atoms with Gasteiger partial charge in [0.15, 0.2) is 0 Å². The van der Waals surface area contributed by atoms with Crippen LogP contribution in [0.3, 0.4) is 0 Å². The molecule has 7 heteroatoms. The molecule has 0 saturated heterocycles. The summed E-state index contributed by atoms with van der Waals surface area (Å²) in [5.74, 6) is 0.797. The molecule has 0 aliphatic rings. The van der Waals surface area contributed by atoms with E-state index in [-0.39, 0.29) is 23.7 Å². The predicted molar refractivity (Wildman–Crippen MR) is 95.3 cm³/mol. The van der Waals surface area contributed by atoms with Crippen LogP contribution in [0.2, 0.25) is 0 Å². The molecule has 2 rings (SSSR count). The van der Waals surface area contributed by atoms with Crippen LogP contribution in [0.5, 0.6) is 0 Å². The molecule has 0 atom stereocenters. The number of nitrogens with zero attached hydrogens (tertiary/aromatic N) is 3. The minimum absolute atomic E-state index is 0.0700. The van der Waals surface area contributed by atoms with Gasteiger partial charge < -0.3 is 9.32 Å². The van der Waals surface area contributed by atoms with Crippen LogP contribution in [0.25, 0.3) is 11.5 Å². The van der Waals surface area contributed by atoms with E-state index in [4.69, 9.17) is 4.42 Å². The average molecular weight is 398 g/mol. The summed E-state index contributed by atoms with van der Waals surface area (Å²) in [5.41, 5.74) is 0.837. The zero-order valence-corrected chi connectivity index (χ0v) is 16.0. The predicted octanol–water partition coefficient (Wildman–Crippen LogP) is 4.24. The largest absolute Gasteiger partial charge is 0.411 e. The van der Waals surface area contributed by atoms with Gasteiger partial charge in [-0.2, -0.15) is 0 Å². The van der Waals surface area contributed by atoms with Crippen molar-refractivity contribution in [1.29, 1.82) is 0 Å². The number of hydrogen-bond acceptors (Lipinski definition) is 5. The van der Waals surface area contributed by atoms with E-state index in [0.717, 1.165) is 10.0 Å². The van der Waals surface area contributed by atoms with Crippen molar-refractivity contribution in [3.05, 3.63) is 28.7 Å². The van der Waals surface area contributed by atoms with E-state index in [2.05, 4.69) is 26.1 Å². The summed E-state index contributed by atoms with van der Waals surface area (Å²) in [6.07, 6.45) is 0. The average Bonchev–Trinajstić information content (AvgIpc) is 2.93. The maximum absolute atomic E-state index is 12.3. The van der Waals surface area contributed by atoms with E-state index in [1.807, 2.05) is 56.9 Å². The number of carbonyl (C=O) groups is 1. The van der Waals surface area contributed by atoms with Gasteiger partial charge >= 0.3 is 0 Å². The fourth-order valence-electron chi connectivity index (χ4n) is 2.38. The summed E-state index contributed by atoms with van der Waals surface area (Å²) >= 11 is 4.73. The fourth-order valence-corrected chi connectivity index (χ4v) is 3.47. The lowest BCUT2D eigenvalue weighted by molar-refractivity contribution is -0.131. The molecule has 1 aromatic carbocycles. The number of carbonyl (C=O) groups excluding carboxylic acids is 1. The molecular formula is C16H20BrN3O2S. The Labute approximate surface area is 149 Å². The summed E-state index contributed by atoms with van der Waals surface area (Å²) in [6, 6.07) is 7.98. The fraction of sp³-hybridized carbons (Fsp3) is 0.438. The topological polar surface area (TPSA) is 59.2 Å². The highest BCUT2D eigenvalue weighted by Crippen LogP contribution is 2.29. The van der Waals surface area contributed by atoms with E-state index in [1.165, 1.54) is 11.8 Å². The monoisotopic (exact) mass is 397 g/mol. The Morgan fingerprint density at radius 2 is 1.87 bits per heavy atom. The molecule has 0 N–H and O–H groups in total. The number of rotatable bonds is 6. The number of aromatic nitrogens is 2. The van der Waals surface area contributed by atoms with Crippen molar-refractivity contribution in [2.24, 2.45) is 0 Å². The minimum Gasteiger partial charge on any atom is -0.411 e. The second kappa shape index (κ2) is 7.97. The number of amides is 1. The first-order valence-electron chi connectivity index (χ1n) is 7.42. The van der Waals surface area contributed by atoms with Crippen LogP contribution in [0.15, 0.2) is 38.4 Å². The quantitative estimate of drug-likeness (QED) is 0.682. The van der Waals surface area contributed by atoms with Crippen molar-refractivity contribution in [3.8, 4) is 11.5 Å². The molecule has 0 saturated carbocycles. The first-order valence-corrected chi connectivity index (χ1v) is 9.20. The molecule has 0 radical (unpaired) electrons. The summed E-state index contributed by atoms with van der Waals surface area (Å²) in [5, 5.41) is 8.46. The second-order valence-corrected chi connectivity index (χ2v) is 7.41. The zero-order valence-electron chi connectivity index (χ0n) is 13.6. The standard InChI is InChI=1S/C16H20BrN3O2S/c1-10(2)20(11(3)4)14(21)9-23-16-19-18-15(22-16)12-7-5-6-8-13(12)17/h5-8,10-11H,9H2,1-4H3. The Balaban J connectivity index is 2.03. The third-order valence-corrected chi connectivity index (χ3v) is 4.73. The van der Waals surface area contributed by atoms with Crippen molar-refractivity contribution in [1.82, 2.24) is 15.1 Å². The Hall–Kier alpha value is -1.34. The third kappa shape index (κ3) is 4.57. The summed E-state index contributed by atoms with van der Waals surface area (Å²) in [6.45, 7) is 8.06. The highest BCUT2D eigenvalue weighted by atomic mass is 79.9. The Kier molecular flexibility index (Phi) is 6.24. The maximum Gasteiger partial charge on any atom is 0.277 e. The zero-order chi connectivity index (χ0) is 17.0. The lowest BCUT2D eigenvalue weighted by Crippen LogP contribution is -2.43. The number of halogens is 1. The molecule has 0 aliphatic carbocycles. The van der Waals surface area contributed by atoms with Crippen LogP contribution < -0.4 is 0 Å². The van der Waals surface area contributed by atoms with Crippen molar-refractivity contribution in [3.63, 3.8) is 0 Å². The van der Waals surface area contributed by atoms with Gasteiger partial charge in [-0.1, -0.05) is 23.9 Å². The normalized spacial score (nSPS) is 11.3. The maximum atomic E-state index is 12.3. The molecule has 1 aromatic heterocycles. The van der Waals surface area contributed by atoms with E-state index in [9.17, 15) is 4.79 Å². The molecule has 5 nitrogen and oxygen atoms in total. The summed E-state index contributed by atoms with van der Waals surface area (Å²) < 4.78 is 6.53. The number of thioether (sulfide) groups is 1. The van der Waals surface area contributed by atoms with Gasteiger partial charge in [0, 0.05) is 16.6 Å². The van der Waals surface area contributed by atoms with Crippen molar-refractivity contribution >= 4 is 33.6 Å². The SMILES string of the molecule is CC(C)N(C(=O)CSc1nnc(-c2ccccc2Br)o1)C(C)C. The van der Waals surface area contributed by atoms with E-state index >= 15 is 0 Å². The van der Waals surface area contributed by atoms with Gasteiger partial charge in [-0.05, 0) is 55.8 Å². The summed E-state index contributed by atoms with van der Waals surface area (Å²) in [7, 11) is 0. The van der Waals surface area contributed by atoms with Crippen LogP contribution in [0, 0.1) is 0 Å². The van der Waals surface area contributed by atoms with Crippen LogP contribution in [-0.4, -0.2) is 38.8 Å². The van der Waals surface area contributed by atoms with Gasteiger partial charge in [-0.3, -0.25) is 4.79 Å². The van der Waals surface area contributed by atoms with Crippen molar-refractivity contribution in [2.75, 3.05) is 5.75 Å². The van der Waals surface area contributed by atoms with Crippen LogP contribution in [0.4, 0.5) is 0 Å². The molecular weight excluding hydrogens is 378 g/mol. The van der Waals surface area contributed by atoms with Crippen molar-refractivity contribution in [2.45, 2.75) is 45.0 Å². The molecule has 124 valence electrons. The molecule has 1 amide bonds. The van der Waals surface area contributed by atoms with Gasteiger partial charge in [0.2, 0.25) is 11.8 Å². The molecule has 2 aromatic rings. The Bertz CT molecular complexity index is 665. The second-order valence-electron chi connectivity index (χ2n) is 5.63. The Morgan fingerprint density at radius 1 is 1.22 bits per heavy atom. The van der Waals surface area contributed by atoms with E-state index in [0.29, 0.717) is 11.1 Å². The third-order valence-electron chi connectivity index (χ3n) is 3.23. The number of hydrogen-bond donors (Lipinski definition) is 0. The van der Waals surface area contributed by atoms with Gasteiger partial charge in [0.25, 0.3) is 5.22 Å². The lowest BCUT2D eigenvalue weighted by Gasteiger charge is -2.30. The molecule has 0 fully saturated rings. The highest BCUT2D eigenvalue weighted by molar-refractivity contribution is 9.10. The van der Waals surface area contributed by atoms with Crippen molar-refractivity contribution < 1.29 is 9.21 Å². The molecule has 1 heterocycles. The smallest absolute Gasteiger partial charge is 0.277 e.